The van der Waals surface area contributed by atoms with Gasteiger partial charge in [-0.15, -0.1) is 0 Å². The van der Waals surface area contributed by atoms with Crippen LogP contribution in [0, 0.1) is 17.3 Å². The van der Waals surface area contributed by atoms with Gasteiger partial charge in [-0.05, 0) is 57.7 Å². The van der Waals surface area contributed by atoms with Crippen molar-refractivity contribution in [2.75, 3.05) is 13.6 Å². The third-order valence-corrected chi connectivity index (χ3v) is 3.41. The van der Waals surface area contributed by atoms with E-state index in [1.807, 2.05) is 42.5 Å². The zero-order chi connectivity index (χ0) is 18.1. The molecule has 2 aromatic rings. The van der Waals surface area contributed by atoms with E-state index in [0.29, 0.717) is 0 Å². The topological polar surface area (TPSA) is 16.4 Å². The van der Waals surface area contributed by atoms with Gasteiger partial charge in [0.15, 0.2) is 0 Å². The maximum Gasteiger partial charge on any atom is 0.127 e. The van der Waals surface area contributed by atoms with Crippen LogP contribution < -0.4 is 0 Å². The molecular weight excluding hydrogens is 306 g/mol. The van der Waals surface area contributed by atoms with Crippen molar-refractivity contribution < 1.29 is 4.42 Å². The Kier molecular flexibility index (Phi) is 6.86. The first-order valence-corrected chi connectivity index (χ1v) is 8.60. The van der Waals surface area contributed by atoms with Crippen molar-refractivity contribution in [3.8, 4) is 11.8 Å². The molecule has 0 aliphatic heterocycles. The van der Waals surface area contributed by atoms with E-state index in [2.05, 4.69) is 68.8 Å². The van der Waals surface area contributed by atoms with Crippen LogP contribution in [0.1, 0.15) is 37.9 Å². The first-order valence-electron chi connectivity index (χ1n) is 8.60. The van der Waals surface area contributed by atoms with Crippen LogP contribution in [-0.4, -0.2) is 18.5 Å². The monoisotopic (exact) mass is 333 g/mol. The molecule has 0 atom stereocenters. The van der Waals surface area contributed by atoms with Gasteiger partial charge in [-0.25, -0.2) is 0 Å². The van der Waals surface area contributed by atoms with Gasteiger partial charge in [0.2, 0.25) is 0 Å². The molecule has 0 aliphatic rings. The molecule has 2 nitrogen and oxygen atoms in total. The fourth-order valence-corrected chi connectivity index (χ4v) is 2.19. The van der Waals surface area contributed by atoms with Crippen LogP contribution in [-0.2, 0) is 6.54 Å². The van der Waals surface area contributed by atoms with Crippen molar-refractivity contribution in [3.05, 3.63) is 71.7 Å². The Bertz CT molecular complexity index is 764. The maximum absolute atomic E-state index is 5.87. The third kappa shape index (κ3) is 7.74. The van der Waals surface area contributed by atoms with Crippen LogP contribution in [0.25, 0.3) is 12.2 Å². The third-order valence-electron chi connectivity index (χ3n) is 3.41. The summed E-state index contributed by atoms with van der Waals surface area (Å²) >= 11 is 0. The van der Waals surface area contributed by atoms with Crippen molar-refractivity contribution in [2.45, 2.75) is 27.3 Å². The number of hydrogen-bond acceptors (Lipinski definition) is 2. The molecule has 0 bridgehead atoms. The average molecular weight is 333 g/mol. The summed E-state index contributed by atoms with van der Waals surface area (Å²) in [4.78, 5) is 2.19. The second kappa shape index (κ2) is 9.11. The molecule has 130 valence electrons. The Labute approximate surface area is 151 Å². The summed E-state index contributed by atoms with van der Waals surface area (Å²) < 4.78 is 5.87. The highest BCUT2D eigenvalue weighted by Gasteiger charge is 2.04. The summed E-state index contributed by atoms with van der Waals surface area (Å²) in [5, 5.41) is 0. The molecule has 1 heterocycles. The molecule has 0 amide bonds. The van der Waals surface area contributed by atoms with Crippen LogP contribution in [0.5, 0.6) is 0 Å². The van der Waals surface area contributed by atoms with Gasteiger partial charge in [0.05, 0.1) is 6.54 Å². The van der Waals surface area contributed by atoms with Crippen molar-refractivity contribution in [1.29, 1.82) is 0 Å². The van der Waals surface area contributed by atoms with Gasteiger partial charge in [0, 0.05) is 12.0 Å². The predicted octanol–water partition coefficient (Wildman–Crippen LogP) is 5.49. The number of nitrogens with zero attached hydrogens (tertiary/aromatic N) is 1. The maximum atomic E-state index is 5.87. The zero-order valence-electron chi connectivity index (χ0n) is 15.6. The molecule has 1 aromatic heterocycles. The van der Waals surface area contributed by atoms with Crippen LogP contribution in [0.2, 0.25) is 0 Å². The summed E-state index contributed by atoms with van der Waals surface area (Å²) in [5.41, 5.74) is 1.22. The van der Waals surface area contributed by atoms with Crippen molar-refractivity contribution >= 4 is 12.2 Å². The molecule has 0 saturated heterocycles. The van der Waals surface area contributed by atoms with E-state index in [1.165, 1.54) is 5.56 Å². The van der Waals surface area contributed by atoms with Gasteiger partial charge in [-0.1, -0.05) is 54.3 Å². The molecule has 0 saturated carbocycles. The molecule has 0 unspecified atom stereocenters. The smallest absolute Gasteiger partial charge is 0.127 e. The zero-order valence-corrected chi connectivity index (χ0v) is 15.6. The minimum atomic E-state index is 0.0497. The highest BCUT2D eigenvalue weighted by molar-refractivity contribution is 5.67. The molecule has 0 aliphatic carbocycles. The number of hydrogen-bond donors (Lipinski definition) is 0. The van der Waals surface area contributed by atoms with Crippen LogP contribution >= 0.6 is 0 Å². The minimum absolute atomic E-state index is 0.0497. The van der Waals surface area contributed by atoms with Crippen molar-refractivity contribution in [3.63, 3.8) is 0 Å². The number of rotatable bonds is 6. The van der Waals surface area contributed by atoms with E-state index < -0.39 is 0 Å². The molecule has 0 N–H and O–H groups in total. The van der Waals surface area contributed by atoms with Gasteiger partial charge in [0.1, 0.15) is 11.5 Å². The first-order chi connectivity index (χ1) is 11.9. The summed E-state index contributed by atoms with van der Waals surface area (Å²) in [6.45, 7) is 7.95. The largest absolute Gasteiger partial charge is 0.460 e. The van der Waals surface area contributed by atoms with Crippen LogP contribution in [0.15, 0.2) is 59.0 Å². The second-order valence-electron chi connectivity index (χ2n) is 7.17. The molecule has 0 radical (unpaired) electrons. The van der Waals surface area contributed by atoms with Gasteiger partial charge in [-0.2, -0.15) is 0 Å². The Morgan fingerprint density at radius 2 is 1.80 bits per heavy atom. The molecule has 0 spiro atoms. The van der Waals surface area contributed by atoms with E-state index in [4.69, 9.17) is 4.42 Å². The van der Waals surface area contributed by atoms with E-state index in [1.54, 1.807) is 0 Å². The quantitative estimate of drug-likeness (QED) is 0.650. The summed E-state index contributed by atoms with van der Waals surface area (Å²) in [6.07, 6.45) is 8.07. The Morgan fingerprint density at radius 1 is 1.04 bits per heavy atom. The lowest BCUT2D eigenvalue weighted by molar-refractivity contribution is 0.321. The number of allylic oxidation sites excluding steroid dienone is 1. The summed E-state index contributed by atoms with van der Waals surface area (Å²) in [5.74, 6) is 8.12. The van der Waals surface area contributed by atoms with E-state index in [9.17, 15) is 0 Å². The molecule has 25 heavy (non-hydrogen) atoms. The Morgan fingerprint density at radius 3 is 2.52 bits per heavy atom. The minimum Gasteiger partial charge on any atom is -0.460 e. The van der Waals surface area contributed by atoms with E-state index in [0.717, 1.165) is 24.6 Å². The van der Waals surface area contributed by atoms with Gasteiger partial charge < -0.3 is 4.42 Å². The summed E-state index contributed by atoms with van der Waals surface area (Å²) in [6, 6.07) is 14.3. The fourth-order valence-electron chi connectivity index (χ4n) is 2.19. The van der Waals surface area contributed by atoms with Gasteiger partial charge in [0.25, 0.3) is 0 Å². The second-order valence-corrected chi connectivity index (χ2v) is 7.17. The fraction of sp³-hybridized carbons (Fsp3) is 0.304. The van der Waals surface area contributed by atoms with E-state index in [-0.39, 0.29) is 5.41 Å². The lowest BCUT2D eigenvalue weighted by Crippen LogP contribution is -2.17. The van der Waals surface area contributed by atoms with Gasteiger partial charge in [-0.3, -0.25) is 4.90 Å². The number of benzene rings is 1. The van der Waals surface area contributed by atoms with Crippen molar-refractivity contribution in [1.82, 2.24) is 4.90 Å². The Hall–Kier alpha value is -2.50. The lowest BCUT2D eigenvalue weighted by atomic mass is 9.98. The normalized spacial score (nSPS) is 12.0. The SMILES string of the molecule is CN(C/C=C/C#CC(C)(C)C)Cc1ccc(/C=C/c2ccccc2)o1. The first kappa shape index (κ1) is 18.8. The molecule has 2 rings (SSSR count). The number of furan rings is 1. The summed E-state index contributed by atoms with van der Waals surface area (Å²) in [7, 11) is 2.07. The highest BCUT2D eigenvalue weighted by Crippen LogP contribution is 2.13. The standard InChI is InChI=1S/C23H27NO/c1-23(2,3)17-9-6-10-18-24(4)19-22-16-15-21(25-22)14-13-20-11-7-5-8-12-20/h5-8,10-16H,18-19H2,1-4H3/b10-6+,14-13+. The predicted molar refractivity (Wildman–Crippen MR) is 107 cm³/mol. The number of likely N-dealkylation sites (N-methyl/N-ethyl adjacent to an activating group) is 1. The van der Waals surface area contributed by atoms with E-state index >= 15 is 0 Å². The van der Waals surface area contributed by atoms with Crippen molar-refractivity contribution in [2.24, 2.45) is 5.41 Å². The van der Waals surface area contributed by atoms with Crippen LogP contribution in [0.3, 0.4) is 0 Å². The molecule has 0 fully saturated rings. The lowest BCUT2D eigenvalue weighted by Gasteiger charge is -2.11. The molecule has 1 aromatic carbocycles. The van der Waals surface area contributed by atoms with Gasteiger partial charge >= 0.3 is 0 Å². The highest BCUT2D eigenvalue weighted by atomic mass is 16.3. The molecule has 2 heteroatoms. The average Bonchev–Trinajstić information content (AvgIpc) is 3.00. The Balaban J connectivity index is 1.83. The van der Waals surface area contributed by atoms with Crippen LogP contribution in [0.4, 0.5) is 0 Å². The molecular formula is C23H27NO.